The smallest absolute Gasteiger partial charge is 0.216 e. The van der Waals surface area contributed by atoms with Crippen molar-refractivity contribution in [1.29, 1.82) is 0 Å². The summed E-state index contributed by atoms with van der Waals surface area (Å²) < 4.78 is 0. The maximum atomic E-state index is 10.5. The van der Waals surface area contributed by atoms with Crippen molar-refractivity contribution in [2.45, 2.75) is 27.7 Å². The van der Waals surface area contributed by atoms with E-state index in [0.717, 1.165) is 6.54 Å². The van der Waals surface area contributed by atoms with Crippen LogP contribution in [0.25, 0.3) is 0 Å². The molecule has 60 valence electrons. The molecule has 2 nitrogen and oxygen atoms in total. The SMILES string of the molecule is CC(=O)NCC(C)C(C)C. The second kappa shape index (κ2) is 4.31. The van der Waals surface area contributed by atoms with E-state index >= 15 is 0 Å². The number of hydrogen-bond donors (Lipinski definition) is 1. The minimum absolute atomic E-state index is 0.0625. The van der Waals surface area contributed by atoms with Gasteiger partial charge in [-0.15, -0.1) is 0 Å². The Morgan fingerprint density at radius 3 is 2.20 bits per heavy atom. The van der Waals surface area contributed by atoms with Crippen molar-refractivity contribution in [1.82, 2.24) is 5.32 Å². The molecule has 0 saturated carbocycles. The second-order valence-corrected chi connectivity index (χ2v) is 3.16. The zero-order valence-electron chi connectivity index (χ0n) is 7.27. The third kappa shape index (κ3) is 4.36. The lowest BCUT2D eigenvalue weighted by molar-refractivity contribution is -0.119. The van der Waals surface area contributed by atoms with Crippen LogP contribution < -0.4 is 5.32 Å². The van der Waals surface area contributed by atoms with Crippen molar-refractivity contribution in [3.8, 4) is 0 Å². The van der Waals surface area contributed by atoms with Gasteiger partial charge in [-0.2, -0.15) is 0 Å². The fourth-order valence-electron chi connectivity index (χ4n) is 0.540. The van der Waals surface area contributed by atoms with Crippen LogP contribution >= 0.6 is 0 Å². The first-order valence-corrected chi connectivity index (χ1v) is 3.78. The molecule has 1 unspecified atom stereocenters. The summed E-state index contributed by atoms with van der Waals surface area (Å²) in [5.41, 5.74) is 0. The molecule has 0 aliphatic carbocycles. The van der Waals surface area contributed by atoms with Crippen molar-refractivity contribution in [2.75, 3.05) is 6.54 Å². The highest BCUT2D eigenvalue weighted by Gasteiger charge is 2.06. The molecule has 1 N–H and O–H groups in total. The Morgan fingerprint density at radius 1 is 1.40 bits per heavy atom. The summed E-state index contributed by atoms with van der Waals surface area (Å²) >= 11 is 0. The number of carbonyl (C=O) groups is 1. The van der Waals surface area contributed by atoms with Crippen molar-refractivity contribution in [2.24, 2.45) is 11.8 Å². The van der Waals surface area contributed by atoms with Crippen LogP contribution in [0.3, 0.4) is 0 Å². The lowest BCUT2D eigenvalue weighted by Crippen LogP contribution is -2.27. The molecule has 0 aliphatic heterocycles. The molecule has 0 rings (SSSR count). The molecule has 0 saturated heterocycles. The number of hydrogen-bond acceptors (Lipinski definition) is 1. The fourth-order valence-corrected chi connectivity index (χ4v) is 0.540. The third-order valence-corrected chi connectivity index (χ3v) is 1.81. The molecule has 0 radical (unpaired) electrons. The van der Waals surface area contributed by atoms with E-state index in [9.17, 15) is 4.79 Å². The minimum Gasteiger partial charge on any atom is -0.356 e. The monoisotopic (exact) mass is 143 g/mol. The predicted molar refractivity (Wildman–Crippen MR) is 42.7 cm³/mol. The van der Waals surface area contributed by atoms with E-state index in [1.165, 1.54) is 0 Å². The van der Waals surface area contributed by atoms with Gasteiger partial charge in [0.1, 0.15) is 0 Å². The van der Waals surface area contributed by atoms with Gasteiger partial charge in [-0.1, -0.05) is 20.8 Å². The summed E-state index contributed by atoms with van der Waals surface area (Å²) in [5.74, 6) is 1.28. The van der Waals surface area contributed by atoms with Gasteiger partial charge < -0.3 is 5.32 Å². The van der Waals surface area contributed by atoms with E-state index in [0.29, 0.717) is 11.8 Å². The molecule has 0 aliphatic rings. The molecule has 0 aromatic heterocycles. The first-order valence-electron chi connectivity index (χ1n) is 3.78. The quantitative estimate of drug-likeness (QED) is 0.636. The lowest BCUT2D eigenvalue weighted by atomic mass is 9.98. The highest BCUT2D eigenvalue weighted by Crippen LogP contribution is 2.06. The van der Waals surface area contributed by atoms with Crippen molar-refractivity contribution in [3.05, 3.63) is 0 Å². The minimum atomic E-state index is 0.0625. The van der Waals surface area contributed by atoms with Gasteiger partial charge in [-0.25, -0.2) is 0 Å². The number of carbonyl (C=O) groups excluding carboxylic acids is 1. The Morgan fingerprint density at radius 2 is 1.90 bits per heavy atom. The molecular weight excluding hydrogens is 126 g/mol. The number of nitrogens with one attached hydrogen (secondary N) is 1. The molecule has 1 atom stereocenters. The normalized spacial score (nSPS) is 13.3. The maximum Gasteiger partial charge on any atom is 0.216 e. The molecule has 0 spiro atoms. The zero-order valence-corrected chi connectivity index (χ0v) is 7.27. The van der Waals surface area contributed by atoms with Crippen LogP contribution in [0.5, 0.6) is 0 Å². The molecule has 0 aromatic rings. The Balaban J connectivity index is 3.39. The molecular formula is C8H17NO. The predicted octanol–water partition coefficient (Wildman–Crippen LogP) is 1.41. The Labute approximate surface area is 63.0 Å². The Hall–Kier alpha value is -0.530. The molecule has 2 heteroatoms. The van der Waals surface area contributed by atoms with E-state index in [1.54, 1.807) is 6.92 Å². The molecule has 0 bridgehead atoms. The van der Waals surface area contributed by atoms with Gasteiger partial charge in [0.25, 0.3) is 0 Å². The van der Waals surface area contributed by atoms with E-state index in [4.69, 9.17) is 0 Å². The summed E-state index contributed by atoms with van der Waals surface area (Å²) in [6.45, 7) is 8.81. The van der Waals surface area contributed by atoms with Gasteiger partial charge in [0.15, 0.2) is 0 Å². The van der Waals surface area contributed by atoms with E-state index in [-0.39, 0.29) is 5.91 Å². The van der Waals surface area contributed by atoms with Crippen LogP contribution in [0.4, 0.5) is 0 Å². The van der Waals surface area contributed by atoms with Gasteiger partial charge in [0.2, 0.25) is 5.91 Å². The van der Waals surface area contributed by atoms with Gasteiger partial charge in [-0.3, -0.25) is 4.79 Å². The van der Waals surface area contributed by atoms with E-state index < -0.39 is 0 Å². The molecule has 0 aromatic carbocycles. The maximum absolute atomic E-state index is 10.5. The van der Waals surface area contributed by atoms with E-state index in [2.05, 4.69) is 26.1 Å². The zero-order chi connectivity index (χ0) is 8.15. The summed E-state index contributed by atoms with van der Waals surface area (Å²) in [5, 5.41) is 2.79. The van der Waals surface area contributed by atoms with Crippen LogP contribution in [-0.2, 0) is 4.79 Å². The summed E-state index contributed by atoms with van der Waals surface area (Å²) in [4.78, 5) is 10.5. The highest BCUT2D eigenvalue weighted by molar-refractivity contribution is 5.72. The summed E-state index contributed by atoms with van der Waals surface area (Å²) in [6.07, 6.45) is 0. The van der Waals surface area contributed by atoms with Crippen LogP contribution in [0, 0.1) is 11.8 Å². The second-order valence-electron chi connectivity index (χ2n) is 3.16. The fraction of sp³-hybridized carbons (Fsp3) is 0.875. The molecule has 0 heterocycles. The molecule has 1 amide bonds. The van der Waals surface area contributed by atoms with Gasteiger partial charge in [0, 0.05) is 13.5 Å². The van der Waals surface area contributed by atoms with Crippen molar-refractivity contribution in [3.63, 3.8) is 0 Å². The van der Waals surface area contributed by atoms with Gasteiger partial charge in [0.05, 0.1) is 0 Å². The number of rotatable bonds is 3. The van der Waals surface area contributed by atoms with Gasteiger partial charge in [-0.05, 0) is 11.8 Å². The van der Waals surface area contributed by atoms with Crippen LogP contribution in [-0.4, -0.2) is 12.5 Å². The average Bonchev–Trinajstić information content (AvgIpc) is 1.82. The number of amides is 1. The first kappa shape index (κ1) is 9.47. The van der Waals surface area contributed by atoms with Crippen molar-refractivity contribution < 1.29 is 4.79 Å². The standard InChI is InChI=1S/C8H17NO/c1-6(2)7(3)5-9-8(4)10/h6-7H,5H2,1-4H3,(H,9,10). The largest absolute Gasteiger partial charge is 0.356 e. The molecule has 0 fully saturated rings. The third-order valence-electron chi connectivity index (χ3n) is 1.81. The van der Waals surface area contributed by atoms with Gasteiger partial charge >= 0.3 is 0 Å². The van der Waals surface area contributed by atoms with Crippen molar-refractivity contribution >= 4 is 5.91 Å². The lowest BCUT2D eigenvalue weighted by Gasteiger charge is -2.14. The highest BCUT2D eigenvalue weighted by atomic mass is 16.1. The van der Waals surface area contributed by atoms with Crippen LogP contribution in [0.15, 0.2) is 0 Å². The van der Waals surface area contributed by atoms with E-state index in [1.807, 2.05) is 0 Å². The Kier molecular flexibility index (Phi) is 4.08. The topological polar surface area (TPSA) is 29.1 Å². The molecule has 10 heavy (non-hydrogen) atoms. The Bertz CT molecular complexity index is 110. The van der Waals surface area contributed by atoms with Crippen LogP contribution in [0.2, 0.25) is 0 Å². The first-order chi connectivity index (χ1) is 4.54. The van der Waals surface area contributed by atoms with Crippen LogP contribution in [0.1, 0.15) is 27.7 Å². The average molecular weight is 143 g/mol. The summed E-state index contributed by atoms with van der Waals surface area (Å²) in [6, 6.07) is 0. The summed E-state index contributed by atoms with van der Waals surface area (Å²) in [7, 11) is 0.